The van der Waals surface area contributed by atoms with Gasteiger partial charge < -0.3 is 34.0 Å². The van der Waals surface area contributed by atoms with E-state index in [1.54, 1.807) is 0 Å². The summed E-state index contributed by atoms with van der Waals surface area (Å²) in [6.07, 6.45) is 13.9. The van der Waals surface area contributed by atoms with Gasteiger partial charge in [0.15, 0.2) is 0 Å². The van der Waals surface area contributed by atoms with Crippen molar-refractivity contribution in [2.24, 2.45) is 5.11 Å². The predicted octanol–water partition coefficient (Wildman–Crippen LogP) is 5.97. The maximum absolute atomic E-state index is 13.4. The number of aromatic nitrogens is 4. The molecule has 2 fully saturated rings. The molecule has 4 rings (SSSR count). The minimum Gasteiger partial charge on any atom is -0.393 e. The van der Waals surface area contributed by atoms with Crippen LogP contribution in [0.1, 0.15) is 153 Å². The van der Waals surface area contributed by atoms with Gasteiger partial charge in [-0.15, -0.1) is 0 Å². The molecule has 374 valence electrons. The monoisotopic (exact) mass is 977 g/mol. The number of hydrogen-bond acceptors (Lipinski definition) is 14. The highest BCUT2D eigenvalue weighted by Crippen LogP contribution is 2.50. The van der Waals surface area contributed by atoms with Crippen molar-refractivity contribution in [1.82, 2.24) is 19.1 Å². The summed E-state index contributed by atoms with van der Waals surface area (Å²) in [4.78, 5) is 87.0. The molecule has 0 aromatic carbocycles. The number of aryl methyl sites for hydroxylation is 2. The molecule has 25 heteroatoms. The average molecular weight is 978 g/mol. The Labute approximate surface area is 383 Å². The lowest BCUT2D eigenvalue weighted by Gasteiger charge is -2.35. The summed E-state index contributed by atoms with van der Waals surface area (Å²) in [5.41, 5.74) is 4.60. The number of aromatic amines is 2. The summed E-state index contributed by atoms with van der Waals surface area (Å²) in [5, 5.41) is 14.5. The summed E-state index contributed by atoms with van der Waals surface area (Å²) in [7, 11) is -10.2. The molecular formula is C41H69N7O16P2. The molecule has 66 heavy (non-hydrogen) atoms. The second-order valence-corrected chi connectivity index (χ2v) is 19.9. The van der Waals surface area contributed by atoms with E-state index in [4.69, 9.17) is 27.8 Å². The van der Waals surface area contributed by atoms with E-state index in [1.165, 1.54) is 90.4 Å². The number of H-pyrrole nitrogens is 2. The molecule has 2 aliphatic heterocycles. The fraction of sp³-hybridized carbons (Fsp3) is 0.805. The maximum atomic E-state index is 13.4. The van der Waals surface area contributed by atoms with Crippen LogP contribution in [-0.4, -0.2) is 95.3 Å². The second kappa shape index (κ2) is 27.1. The number of phosphoric ester groups is 2. The van der Waals surface area contributed by atoms with Crippen LogP contribution in [0, 0.1) is 13.8 Å². The van der Waals surface area contributed by atoms with Crippen molar-refractivity contribution >= 4 is 15.6 Å². The van der Waals surface area contributed by atoms with Crippen molar-refractivity contribution in [3.05, 3.63) is 75.6 Å². The zero-order valence-electron chi connectivity index (χ0n) is 38.2. The predicted molar refractivity (Wildman–Crippen MR) is 241 cm³/mol. The molecule has 8 atom stereocenters. The summed E-state index contributed by atoms with van der Waals surface area (Å²) < 4.78 is 61.5. The molecule has 6 N–H and O–H groups in total. The average Bonchev–Trinajstić information content (AvgIpc) is 3.82. The van der Waals surface area contributed by atoms with Crippen LogP contribution in [0.2, 0.25) is 0 Å². The van der Waals surface area contributed by atoms with Gasteiger partial charge in [-0.1, -0.05) is 108 Å². The standard InChI is InChI=1S/C41H69N7O16P2/c1-4-5-6-7-8-9-10-11-12-13-14-15-16-17-18-19-20-59-31(23-41(28-49)34(64-65(54,55)56)22-36(63-41)48-25-30(3)38(51)44-40(48)53)26-60-66(57,58)61-27-33-32(45-46-42)21-35(62-33)47-24-29(2)37(50)43-39(47)52/h24-25,31-36,49H,4-23,26-28H2,1-3H3,(H,57,58)(H,43,50,52)(H,44,51,53)(H2,54,55,56). The number of aliphatic hydroxyl groups excluding tert-OH is 1. The van der Waals surface area contributed by atoms with Crippen LogP contribution in [0.4, 0.5) is 0 Å². The van der Waals surface area contributed by atoms with Gasteiger partial charge in [-0.05, 0) is 25.8 Å². The Balaban J connectivity index is 1.39. The van der Waals surface area contributed by atoms with Gasteiger partial charge in [0.05, 0.1) is 38.1 Å². The van der Waals surface area contributed by atoms with Gasteiger partial charge in [-0.2, -0.15) is 0 Å². The van der Waals surface area contributed by atoms with Crippen LogP contribution in [0.15, 0.2) is 36.7 Å². The molecule has 0 radical (unpaired) electrons. The van der Waals surface area contributed by atoms with Gasteiger partial charge >= 0.3 is 27.0 Å². The van der Waals surface area contributed by atoms with Crippen LogP contribution in [0.25, 0.3) is 10.4 Å². The molecule has 4 heterocycles. The Kier molecular flexibility index (Phi) is 22.7. The Morgan fingerprint density at radius 1 is 0.818 bits per heavy atom. The number of aliphatic hydroxyl groups is 1. The normalized spacial score (nSPS) is 23.5. The van der Waals surface area contributed by atoms with Gasteiger partial charge in [0, 0.05) is 54.3 Å². The van der Waals surface area contributed by atoms with E-state index in [-0.39, 0.29) is 30.6 Å². The van der Waals surface area contributed by atoms with Crippen LogP contribution in [-0.2, 0) is 36.9 Å². The zero-order valence-corrected chi connectivity index (χ0v) is 40.0. The molecule has 2 saturated heterocycles. The second-order valence-electron chi connectivity index (χ2n) is 17.3. The minimum absolute atomic E-state index is 0.0395. The van der Waals surface area contributed by atoms with Crippen molar-refractivity contribution < 1.29 is 56.7 Å². The molecule has 0 bridgehead atoms. The number of nitrogens with one attached hydrogen (secondary N) is 2. The molecule has 0 saturated carbocycles. The molecule has 8 unspecified atom stereocenters. The lowest BCUT2D eigenvalue weighted by Crippen LogP contribution is -2.48. The van der Waals surface area contributed by atoms with Crippen molar-refractivity contribution in [2.45, 2.75) is 185 Å². The molecule has 0 aliphatic carbocycles. The van der Waals surface area contributed by atoms with Gasteiger partial charge in [0.2, 0.25) is 0 Å². The first-order valence-electron chi connectivity index (χ1n) is 23.0. The van der Waals surface area contributed by atoms with Crippen LogP contribution >= 0.6 is 15.6 Å². The molecular weight excluding hydrogens is 908 g/mol. The van der Waals surface area contributed by atoms with Gasteiger partial charge in [-0.25, -0.2) is 18.7 Å². The van der Waals surface area contributed by atoms with Crippen molar-refractivity contribution in [3.8, 4) is 0 Å². The third-order valence-corrected chi connectivity index (χ3v) is 13.5. The number of nitrogens with zero attached hydrogens (tertiary/aromatic N) is 5. The van der Waals surface area contributed by atoms with Gasteiger partial charge in [0.25, 0.3) is 11.1 Å². The SMILES string of the molecule is CCCCCCCCCCCCCCCCCCOC(COP(=O)(O)OCC1OC(n2cc(C)c(=O)[nH]c2=O)CC1N=[N+]=[N-])CC1(CO)OC(n2cc(C)c(=O)[nH]c2=O)CC1OP(=O)(O)O. The molecule has 23 nitrogen and oxygen atoms in total. The van der Waals surface area contributed by atoms with Crippen molar-refractivity contribution in [1.29, 1.82) is 0 Å². The first kappa shape index (κ1) is 55.3. The van der Waals surface area contributed by atoms with E-state index in [2.05, 4.69) is 26.9 Å². The zero-order chi connectivity index (χ0) is 48.3. The van der Waals surface area contributed by atoms with E-state index in [0.29, 0.717) is 6.42 Å². The molecule has 2 aromatic rings. The highest BCUT2D eigenvalue weighted by Gasteiger charge is 2.54. The van der Waals surface area contributed by atoms with E-state index < -0.39 is 107 Å². The third-order valence-electron chi connectivity index (χ3n) is 12.0. The number of azide groups is 1. The Morgan fingerprint density at radius 3 is 1.83 bits per heavy atom. The fourth-order valence-corrected chi connectivity index (χ4v) is 9.68. The first-order chi connectivity index (χ1) is 31.4. The lowest BCUT2D eigenvalue weighted by atomic mass is 9.91. The van der Waals surface area contributed by atoms with Crippen LogP contribution in [0.3, 0.4) is 0 Å². The van der Waals surface area contributed by atoms with Crippen molar-refractivity contribution in [3.63, 3.8) is 0 Å². The topological polar surface area (TPSA) is 329 Å². The molecule has 0 spiro atoms. The highest BCUT2D eigenvalue weighted by molar-refractivity contribution is 7.47. The summed E-state index contributed by atoms with van der Waals surface area (Å²) in [5.74, 6) is 0. The highest BCUT2D eigenvalue weighted by atomic mass is 31.2. The van der Waals surface area contributed by atoms with E-state index in [9.17, 15) is 53.6 Å². The molecule has 2 aromatic heterocycles. The molecule has 2 aliphatic rings. The van der Waals surface area contributed by atoms with Crippen LogP contribution in [0.5, 0.6) is 0 Å². The Bertz CT molecular complexity index is 2210. The van der Waals surface area contributed by atoms with E-state index in [1.807, 2.05) is 0 Å². The first-order valence-corrected chi connectivity index (χ1v) is 26.0. The van der Waals surface area contributed by atoms with Crippen molar-refractivity contribution in [2.75, 3.05) is 26.4 Å². The summed E-state index contributed by atoms with van der Waals surface area (Å²) in [6, 6.07) is -0.962. The van der Waals surface area contributed by atoms with E-state index >= 15 is 0 Å². The van der Waals surface area contributed by atoms with Gasteiger partial charge in [-0.3, -0.25) is 42.3 Å². The smallest absolute Gasteiger partial charge is 0.393 e. The third kappa shape index (κ3) is 17.7. The number of ether oxygens (including phenoxy) is 3. The van der Waals surface area contributed by atoms with E-state index in [0.717, 1.165) is 41.2 Å². The Hall–Kier alpha value is -3.27. The Morgan fingerprint density at radius 2 is 1.33 bits per heavy atom. The number of hydrogen-bond donors (Lipinski definition) is 6. The number of unbranched alkanes of at least 4 members (excludes halogenated alkanes) is 15. The quantitative estimate of drug-likeness (QED) is 0.0162. The fourth-order valence-electron chi connectivity index (χ4n) is 8.31. The minimum atomic E-state index is -5.25. The lowest BCUT2D eigenvalue weighted by molar-refractivity contribution is -0.153. The number of rotatable bonds is 32. The summed E-state index contributed by atoms with van der Waals surface area (Å²) >= 11 is 0. The van der Waals surface area contributed by atoms with Gasteiger partial charge in [0.1, 0.15) is 24.2 Å². The summed E-state index contributed by atoms with van der Waals surface area (Å²) in [6.45, 7) is 3.01. The van der Waals surface area contributed by atoms with Crippen LogP contribution < -0.4 is 22.5 Å². The molecule has 0 amide bonds. The number of phosphoric acid groups is 2. The largest absolute Gasteiger partial charge is 0.472 e. The maximum Gasteiger partial charge on any atom is 0.472 e.